The van der Waals surface area contributed by atoms with Gasteiger partial charge >= 0.3 is 0 Å². The molecular weight excluding hydrogens is 230 g/mol. The van der Waals surface area contributed by atoms with Crippen molar-refractivity contribution in [3.63, 3.8) is 0 Å². The lowest BCUT2D eigenvalue weighted by Gasteiger charge is -2.02. The van der Waals surface area contributed by atoms with Gasteiger partial charge in [-0.1, -0.05) is 30.3 Å². The summed E-state index contributed by atoms with van der Waals surface area (Å²) in [6.07, 6.45) is 3.51. The summed E-state index contributed by atoms with van der Waals surface area (Å²) in [6, 6.07) is 14.6. The molecule has 0 spiro atoms. The normalized spacial score (nSPS) is 10.8. The number of thioether (sulfide) groups is 1. The fourth-order valence-electron chi connectivity index (χ4n) is 1.63. The summed E-state index contributed by atoms with van der Waals surface area (Å²) in [5.41, 5.74) is 2.22. The molecule has 0 saturated carbocycles. The lowest BCUT2D eigenvalue weighted by molar-refractivity contribution is 0.953. The number of pyridine rings is 1. The number of fused-ring (bicyclic) bond motifs is 1. The highest BCUT2D eigenvalue weighted by atomic mass is 32.2. The van der Waals surface area contributed by atoms with Crippen LogP contribution in [0.4, 0.5) is 0 Å². The van der Waals surface area contributed by atoms with Crippen LogP contribution in [-0.4, -0.2) is 14.6 Å². The van der Waals surface area contributed by atoms with Gasteiger partial charge in [0, 0.05) is 16.8 Å². The molecule has 84 valence electrons. The van der Waals surface area contributed by atoms with E-state index in [-0.39, 0.29) is 0 Å². The third-order valence-electron chi connectivity index (χ3n) is 2.50. The molecule has 0 fully saturated rings. The van der Waals surface area contributed by atoms with Crippen molar-refractivity contribution in [2.24, 2.45) is 0 Å². The first-order valence-electron chi connectivity index (χ1n) is 5.38. The average Bonchev–Trinajstić information content (AvgIpc) is 2.85. The smallest absolute Gasteiger partial charge is 0.156 e. The molecule has 0 N–H and O–H groups in total. The quantitative estimate of drug-likeness (QED) is 0.660. The summed E-state index contributed by atoms with van der Waals surface area (Å²) in [6.45, 7) is 0. The molecule has 2 aromatic heterocycles. The SMILES string of the molecule is c1ccc(CSc2ccn3ncnc3c2)cc1. The number of hydrogen-bond donors (Lipinski definition) is 0. The second-order valence-electron chi connectivity index (χ2n) is 3.70. The maximum absolute atomic E-state index is 4.17. The van der Waals surface area contributed by atoms with E-state index in [2.05, 4.69) is 46.5 Å². The number of benzene rings is 1. The lowest BCUT2D eigenvalue weighted by Crippen LogP contribution is -1.86. The van der Waals surface area contributed by atoms with Crippen LogP contribution in [-0.2, 0) is 5.75 Å². The molecule has 0 radical (unpaired) electrons. The van der Waals surface area contributed by atoms with Crippen LogP contribution in [0.5, 0.6) is 0 Å². The highest BCUT2D eigenvalue weighted by Gasteiger charge is 1.99. The van der Waals surface area contributed by atoms with Crippen molar-refractivity contribution in [2.75, 3.05) is 0 Å². The van der Waals surface area contributed by atoms with Gasteiger partial charge in [-0.05, 0) is 17.7 Å². The molecule has 4 heteroatoms. The Balaban J connectivity index is 1.76. The van der Waals surface area contributed by atoms with Gasteiger partial charge in [-0.2, -0.15) is 5.10 Å². The molecule has 0 aliphatic rings. The van der Waals surface area contributed by atoms with Gasteiger partial charge in [0.2, 0.25) is 0 Å². The van der Waals surface area contributed by atoms with Gasteiger partial charge in [-0.25, -0.2) is 9.50 Å². The zero-order chi connectivity index (χ0) is 11.5. The van der Waals surface area contributed by atoms with E-state index in [1.54, 1.807) is 10.8 Å². The molecule has 2 heterocycles. The minimum Gasteiger partial charge on any atom is -0.221 e. The van der Waals surface area contributed by atoms with Gasteiger partial charge in [-0.3, -0.25) is 0 Å². The summed E-state index contributed by atoms with van der Waals surface area (Å²) in [4.78, 5) is 5.39. The van der Waals surface area contributed by atoms with Crippen molar-refractivity contribution >= 4 is 17.4 Å². The molecule has 0 aliphatic heterocycles. The molecule has 0 bridgehead atoms. The molecule has 0 aliphatic carbocycles. The van der Waals surface area contributed by atoms with Crippen molar-refractivity contribution in [3.8, 4) is 0 Å². The summed E-state index contributed by atoms with van der Waals surface area (Å²) in [5.74, 6) is 0.977. The maximum Gasteiger partial charge on any atom is 0.156 e. The molecule has 0 atom stereocenters. The summed E-state index contributed by atoms with van der Waals surface area (Å²) < 4.78 is 1.77. The molecule has 17 heavy (non-hydrogen) atoms. The lowest BCUT2D eigenvalue weighted by atomic mass is 10.2. The molecule has 3 rings (SSSR count). The predicted molar refractivity (Wildman–Crippen MR) is 69.0 cm³/mol. The fourth-order valence-corrected chi connectivity index (χ4v) is 2.50. The maximum atomic E-state index is 4.17. The van der Waals surface area contributed by atoms with Crippen molar-refractivity contribution in [2.45, 2.75) is 10.6 Å². The Kier molecular flexibility index (Phi) is 2.80. The number of nitrogens with zero attached hydrogens (tertiary/aromatic N) is 3. The third kappa shape index (κ3) is 2.31. The monoisotopic (exact) mass is 241 g/mol. The molecule has 0 amide bonds. The molecule has 0 unspecified atom stereocenters. The Bertz CT molecular complexity index is 619. The first kappa shape index (κ1) is 10.4. The van der Waals surface area contributed by atoms with E-state index in [0.29, 0.717) is 0 Å². The minimum atomic E-state index is 0.892. The first-order valence-corrected chi connectivity index (χ1v) is 6.36. The molecule has 3 aromatic rings. The average molecular weight is 241 g/mol. The van der Waals surface area contributed by atoms with Crippen LogP contribution in [0.3, 0.4) is 0 Å². The van der Waals surface area contributed by atoms with Gasteiger partial charge < -0.3 is 0 Å². The molecular formula is C13H11N3S. The van der Waals surface area contributed by atoms with Crippen molar-refractivity contribution in [1.82, 2.24) is 14.6 Å². The van der Waals surface area contributed by atoms with E-state index in [1.807, 2.05) is 24.0 Å². The Hall–Kier alpha value is -1.81. The van der Waals surface area contributed by atoms with E-state index in [9.17, 15) is 0 Å². The van der Waals surface area contributed by atoms with Crippen LogP contribution in [0.15, 0.2) is 59.9 Å². The highest BCUT2D eigenvalue weighted by Crippen LogP contribution is 2.23. The van der Waals surface area contributed by atoms with Gasteiger partial charge in [0.15, 0.2) is 5.65 Å². The Labute approximate surface area is 104 Å². The molecule has 3 nitrogen and oxygen atoms in total. The van der Waals surface area contributed by atoms with Crippen LogP contribution >= 0.6 is 11.8 Å². The van der Waals surface area contributed by atoms with Crippen molar-refractivity contribution < 1.29 is 0 Å². The van der Waals surface area contributed by atoms with Crippen LogP contribution < -0.4 is 0 Å². The van der Waals surface area contributed by atoms with Crippen molar-refractivity contribution in [3.05, 3.63) is 60.6 Å². The second kappa shape index (κ2) is 4.59. The zero-order valence-corrected chi connectivity index (χ0v) is 9.97. The van der Waals surface area contributed by atoms with Gasteiger partial charge in [0.1, 0.15) is 6.33 Å². The van der Waals surface area contributed by atoms with Gasteiger partial charge in [0.25, 0.3) is 0 Å². The fraction of sp³-hybridized carbons (Fsp3) is 0.0769. The number of hydrogen-bond acceptors (Lipinski definition) is 3. The standard InChI is InChI=1S/C13H11N3S/c1-2-4-11(5-3-1)9-17-12-6-7-16-13(8-12)14-10-15-16/h1-8,10H,9H2. The van der Waals surface area contributed by atoms with Crippen LogP contribution in [0, 0.1) is 0 Å². The van der Waals surface area contributed by atoms with E-state index in [4.69, 9.17) is 0 Å². The number of rotatable bonds is 3. The van der Waals surface area contributed by atoms with E-state index >= 15 is 0 Å². The van der Waals surface area contributed by atoms with Crippen molar-refractivity contribution in [1.29, 1.82) is 0 Å². The third-order valence-corrected chi connectivity index (χ3v) is 3.57. The topological polar surface area (TPSA) is 30.2 Å². The summed E-state index contributed by atoms with van der Waals surface area (Å²) in [5, 5.41) is 4.07. The largest absolute Gasteiger partial charge is 0.221 e. The highest BCUT2D eigenvalue weighted by molar-refractivity contribution is 7.98. The number of aromatic nitrogens is 3. The zero-order valence-electron chi connectivity index (χ0n) is 9.15. The Morgan fingerprint density at radius 2 is 2.00 bits per heavy atom. The summed E-state index contributed by atoms with van der Waals surface area (Å²) in [7, 11) is 0. The Morgan fingerprint density at radius 1 is 1.12 bits per heavy atom. The Morgan fingerprint density at radius 3 is 2.88 bits per heavy atom. The van der Waals surface area contributed by atoms with Crippen LogP contribution in [0.2, 0.25) is 0 Å². The minimum absolute atomic E-state index is 0.892. The molecule has 1 aromatic carbocycles. The van der Waals surface area contributed by atoms with E-state index in [1.165, 1.54) is 10.5 Å². The van der Waals surface area contributed by atoms with Gasteiger partial charge in [-0.15, -0.1) is 11.8 Å². The second-order valence-corrected chi connectivity index (χ2v) is 4.75. The summed E-state index contributed by atoms with van der Waals surface area (Å²) >= 11 is 1.81. The predicted octanol–water partition coefficient (Wildman–Crippen LogP) is 3.02. The van der Waals surface area contributed by atoms with Gasteiger partial charge in [0.05, 0.1) is 0 Å². The van der Waals surface area contributed by atoms with Crippen LogP contribution in [0.1, 0.15) is 5.56 Å². The van der Waals surface area contributed by atoms with Crippen LogP contribution in [0.25, 0.3) is 5.65 Å². The van der Waals surface area contributed by atoms with E-state index < -0.39 is 0 Å². The first-order chi connectivity index (χ1) is 8.42. The molecule has 0 saturated heterocycles. The van der Waals surface area contributed by atoms with E-state index in [0.717, 1.165) is 11.4 Å².